The first-order chi connectivity index (χ1) is 12.0. The van der Waals surface area contributed by atoms with Gasteiger partial charge < -0.3 is 5.32 Å². The van der Waals surface area contributed by atoms with Crippen LogP contribution in [-0.2, 0) is 6.42 Å². The van der Waals surface area contributed by atoms with E-state index in [0.29, 0.717) is 35.3 Å². The smallest absolute Gasteiger partial charge is 0.334 e. The fourth-order valence-corrected chi connectivity index (χ4v) is 4.28. The first kappa shape index (κ1) is 16.1. The third-order valence-corrected chi connectivity index (χ3v) is 5.49. The molecule has 2 heterocycles. The van der Waals surface area contributed by atoms with Gasteiger partial charge in [-0.1, -0.05) is 12.8 Å². The van der Waals surface area contributed by atoms with Gasteiger partial charge in [0.05, 0.1) is 11.3 Å². The van der Waals surface area contributed by atoms with E-state index in [1.807, 2.05) is 0 Å². The number of hydrogen-bond donors (Lipinski definition) is 2. The van der Waals surface area contributed by atoms with Crippen LogP contribution in [-0.4, -0.2) is 15.6 Å². The Morgan fingerprint density at radius 1 is 1.12 bits per heavy atom. The minimum Gasteiger partial charge on any atom is -0.368 e. The first-order valence-electron chi connectivity index (χ1n) is 8.95. The van der Waals surface area contributed by atoms with Crippen molar-refractivity contribution in [3.8, 4) is 5.69 Å². The summed E-state index contributed by atoms with van der Waals surface area (Å²) < 4.78 is 14.7. The number of fused-ring (bicyclic) bond motifs is 1. The highest BCUT2D eigenvalue weighted by Gasteiger charge is 2.30. The standard InChI is InChI=1S/C19H22FN3O2/c1-11-8-13(20)10-14(9-11)23-18(24)15-6-7-16(12-4-2-3-5-12)21-17(15)22-19(23)25/h8-10,12,16,21H,2-7H2,1H3,(H,22,25)/t16-/m1/s1. The Morgan fingerprint density at radius 2 is 1.88 bits per heavy atom. The van der Waals surface area contributed by atoms with Gasteiger partial charge in [-0.2, -0.15) is 0 Å². The van der Waals surface area contributed by atoms with Crippen molar-refractivity contribution in [3.05, 3.63) is 56.0 Å². The molecule has 0 bridgehead atoms. The molecule has 2 aliphatic rings. The zero-order valence-electron chi connectivity index (χ0n) is 14.3. The molecular formula is C19H22FN3O2. The van der Waals surface area contributed by atoms with Crippen molar-refractivity contribution in [3.63, 3.8) is 0 Å². The van der Waals surface area contributed by atoms with Gasteiger partial charge in [0.25, 0.3) is 5.56 Å². The molecule has 0 unspecified atom stereocenters. The molecule has 0 saturated heterocycles. The lowest BCUT2D eigenvalue weighted by Gasteiger charge is -2.30. The molecule has 2 N–H and O–H groups in total. The van der Waals surface area contributed by atoms with Crippen LogP contribution in [0.15, 0.2) is 27.8 Å². The van der Waals surface area contributed by atoms with Gasteiger partial charge in [0.15, 0.2) is 0 Å². The highest BCUT2D eigenvalue weighted by Crippen LogP contribution is 2.33. The molecule has 1 fully saturated rings. The maximum atomic E-state index is 13.7. The van der Waals surface area contributed by atoms with Crippen molar-refractivity contribution < 1.29 is 4.39 Å². The molecular weight excluding hydrogens is 321 g/mol. The maximum absolute atomic E-state index is 13.7. The molecule has 6 heteroatoms. The number of hydrogen-bond acceptors (Lipinski definition) is 3. The Labute approximate surface area is 144 Å². The quantitative estimate of drug-likeness (QED) is 0.881. The average Bonchev–Trinajstić information content (AvgIpc) is 3.08. The summed E-state index contributed by atoms with van der Waals surface area (Å²) in [5.74, 6) is 0.700. The number of nitrogens with one attached hydrogen (secondary N) is 2. The molecule has 1 saturated carbocycles. The van der Waals surface area contributed by atoms with Crippen molar-refractivity contribution >= 4 is 5.82 Å². The molecule has 4 rings (SSSR count). The second-order valence-electron chi connectivity index (χ2n) is 7.25. The summed E-state index contributed by atoms with van der Waals surface area (Å²) in [6, 6.07) is 4.55. The van der Waals surface area contributed by atoms with Crippen molar-refractivity contribution in [2.75, 3.05) is 5.32 Å². The summed E-state index contributed by atoms with van der Waals surface area (Å²) >= 11 is 0. The summed E-state index contributed by atoms with van der Waals surface area (Å²) in [6.45, 7) is 1.73. The van der Waals surface area contributed by atoms with Crippen LogP contribution >= 0.6 is 0 Å². The van der Waals surface area contributed by atoms with Crippen LogP contribution in [0.2, 0.25) is 0 Å². The highest BCUT2D eigenvalue weighted by atomic mass is 19.1. The first-order valence-corrected chi connectivity index (χ1v) is 8.95. The summed E-state index contributed by atoms with van der Waals surface area (Å²) in [5, 5.41) is 3.38. The number of nitrogens with zero attached hydrogens (tertiary/aromatic N) is 1. The van der Waals surface area contributed by atoms with Gasteiger partial charge in [-0.15, -0.1) is 0 Å². The average molecular weight is 343 g/mol. The van der Waals surface area contributed by atoms with E-state index in [-0.39, 0.29) is 11.2 Å². The van der Waals surface area contributed by atoms with E-state index in [9.17, 15) is 14.0 Å². The van der Waals surface area contributed by atoms with Gasteiger partial charge in [-0.25, -0.2) is 13.8 Å². The summed E-state index contributed by atoms with van der Waals surface area (Å²) in [7, 11) is 0. The summed E-state index contributed by atoms with van der Waals surface area (Å²) in [5.41, 5.74) is 0.619. The van der Waals surface area contributed by atoms with E-state index in [2.05, 4.69) is 10.3 Å². The highest BCUT2D eigenvalue weighted by molar-refractivity contribution is 5.48. The lowest BCUT2D eigenvalue weighted by Crippen LogP contribution is -2.42. The molecule has 2 aromatic rings. The topological polar surface area (TPSA) is 66.9 Å². The van der Waals surface area contributed by atoms with Gasteiger partial charge in [0.1, 0.15) is 11.6 Å². The normalized spacial score (nSPS) is 20.3. The van der Waals surface area contributed by atoms with Crippen LogP contribution in [0.1, 0.15) is 43.2 Å². The largest absolute Gasteiger partial charge is 0.368 e. The second kappa shape index (κ2) is 6.17. The predicted octanol–water partition coefficient (Wildman–Crippen LogP) is 2.89. The van der Waals surface area contributed by atoms with Gasteiger partial charge in [-0.05, 0) is 62.3 Å². The van der Waals surface area contributed by atoms with E-state index < -0.39 is 11.5 Å². The van der Waals surface area contributed by atoms with Gasteiger partial charge in [0, 0.05) is 6.04 Å². The molecule has 1 aromatic heterocycles. The summed E-state index contributed by atoms with van der Waals surface area (Å²) in [6.07, 6.45) is 6.45. The Kier molecular flexibility index (Phi) is 3.98. The number of rotatable bonds is 2. The molecule has 1 aliphatic carbocycles. The molecule has 5 nitrogen and oxygen atoms in total. The third kappa shape index (κ3) is 2.90. The van der Waals surface area contributed by atoms with Crippen molar-refractivity contribution in [1.29, 1.82) is 0 Å². The SMILES string of the molecule is Cc1cc(F)cc(-n2c(=O)[nH]c3c(c2=O)CC[C@H](C2CCCC2)N3)c1. The number of anilines is 1. The Morgan fingerprint density at radius 3 is 2.60 bits per heavy atom. The number of benzene rings is 1. The molecule has 132 valence electrons. The van der Waals surface area contributed by atoms with E-state index in [1.165, 1.54) is 37.8 Å². The number of halogens is 1. The van der Waals surface area contributed by atoms with Crippen LogP contribution in [0.4, 0.5) is 10.2 Å². The summed E-state index contributed by atoms with van der Waals surface area (Å²) in [4.78, 5) is 28.2. The van der Waals surface area contributed by atoms with E-state index in [0.717, 1.165) is 11.0 Å². The zero-order chi connectivity index (χ0) is 17.6. The van der Waals surface area contributed by atoms with E-state index >= 15 is 0 Å². The van der Waals surface area contributed by atoms with Gasteiger partial charge in [0.2, 0.25) is 0 Å². The van der Waals surface area contributed by atoms with Crippen LogP contribution in [0.5, 0.6) is 0 Å². The number of aromatic amines is 1. The molecule has 0 amide bonds. The van der Waals surface area contributed by atoms with Crippen molar-refractivity contribution in [2.45, 2.75) is 51.5 Å². The zero-order valence-corrected chi connectivity index (χ0v) is 14.3. The molecule has 25 heavy (non-hydrogen) atoms. The number of H-pyrrole nitrogens is 1. The van der Waals surface area contributed by atoms with E-state index in [1.54, 1.807) is 13.0 Å². The van der Waals surface area contributed by atoms with Gasteiger partial charge >= 0.3 is 5.69 Å². The fraction of sp³-hybridized carbons (Fsp3) is 0.474. The number of aromatic nitrogens is 2. The Balaban J connectivity index is 1.75. The minimum atomic E-state index is -0.534. The molecule has 0 spiro atoms. The number of aryl methyl sites for hydroxylation is 1. The molecule has 0 radical (unpaired) electrons. The minimum absolute atomic E-state index is 0.268. The lowest BCUT2D eigenvalue weighted by molar-refractivity contribution is 0.423. The third-order valence-electron chi connectivity index (χ3n) is 5.49. The van der Waals surface area contributed by atoms with Crippen LogP contribution in [0.25, 0.3) is 5.69 Å². The fourth-order valence-electron chi connectivity index (χ4n) is 4.28. The van der Waals surface area contributed by atoms with Crippen LogP contribution in [0, 0.1) is 18.7 Å². The molecule has 1 aliphatic heterocycles. The van der Waals surface area contributed by atoms with Crippen LogP contribution < -0.4 is 16.6 Å². The second-order valence-corrected chi connectivity index (χ2v) is 7.25. The van der Waals surface area contributed by atoms with Crippen LogP contribution in [0.3, 0.4) is 0 Å². The molecule has 1 aromatic carbocycles. The lowest BCUT2D eigenvalue weighted by atomic mass is 9.90. The predicted molar refractivity (Wildman–Crippen MR) is 95.0 cm³/mol. The van der Waals surface area contributed by atoms with Crippen molar-refractivity contribution in [1.82, 2.24) is 9.55 Å². The van der Waals surface area contributed by atoms with Gasteiger partial charge in [-0.3, -0.25) is 9.78 Å². The van der Waals surface area contributed by atoms with E-state index in [4.69, 9.17) is 0 Å². The Bertz CT molecular complexity index is 905. The monoisotopic (exact) mass is 343 g/mol. The maximum Gasteiger partial charge on any atom is 0.334 e. The Hall–Kier alpha value is -2.37. The van der Waals surface area contributed by atoms with Crippen molar-refractivity contribution in [2.24, 2.45) is 5.92 Å². The molecule has 1 atom stereocenters.